The summed E-state index contributed by atoms with van der Waals surface area (Å²) in [5.74, 6) is 0.739. The van der Waals surface area contributed by atoms with E-state index < -0.39 is 0 Å². The Bertz CT molecular complexity index is 589. The number of halogens is 1. The fourth-order valence-electron chi connectivity index (χ4n) is 2.09. The summed E-state index contributed by atoms with van der Waals surface area (Å²) < 4.78 is 8.48. The average Bonchev–Trinajstić information content (AvgIpc) is 2.99. The highest BCUT2D eigenvalue weighted by molar-refractivity contribution is 9.11. The first-order valence-electron chi connectivity index (χ1n) is 6.70. The zero-order valence-corrected chi connectivity index (χ0v) is 15.2. The molecule has 2 N–H and O–H groups in total. The van der Waals surface area contributed by atoms with Gasteiger partial charge in [0.1, 0.15) is 5.69 Å². The Kier molecular flexibility index (Phi) is 5.43. The third-order valence-corrected chi connectivity index (χ3v) is 5.52. The largest absolute Gasteiger partial charge is 0.493 e. The number of ether oxygens (including phenoxy) is 1. The molecule has 0 saturated heterocycles. The molecule has 2 aromatic rings. The zero-order chi connectivity index (χ0) is 15.6. The van der Waals surface area contributed by atoms with Crippen LogP contribution in [-0.2, 0) is 6.54 Å². The lowest BCUT2D eigenvalue weighted by atomic mass is 10.1. The Labute approximate surface area is 137 Å². The van der Waals surface area contributed by atoms with E-state index in [1.54, 1.807) is 24.6 Å². The van der Waals surface area contributed by atoms with Crippen molar-refractivity contribution in [3.63, 3.8) is 0 Å². The number of methoxy groups -OCH3 is 1. The zero-order valence-electron chi connectivity index (χ0n) is 12.8. The highest BCUT2D eigenvalue weighted by atomic mass is 79.9. The van der Waals surface area contributed by atoms with Crippen molar-refractivity contribution in [1.82, 2.24) is 14.7 Å². The van der Waals surface area contributed by atoms with Crippen LogP contribution in [-0.4, -0.2) is 42.4 Å². The second-order valence-corrected chi connectivity index (χ2v) is 7.61. The SMILES string of the molecule is COc1cnn(CCN(C)C)c1C(N)c1cc(C)c(Br)s1. The average molecular weight is 373 g/mol. The number of likely N-dealkylation sites (N-methyl/N-ethyl adjacent to an activating group) is 1. The Morgan fingerprint density at radius 1 is 1.52 bits per heavy atom. The number of aryl methyl sites for hydroxylation is 1. The van der Waals surface area contributed by atoms with Crippen LogP contribution in [0, 0.1) is 6.92 Å². The molecule has 0 aliphatic rings. The molecule has 0 aliphatic heterocycles. The molecule has 2 heterocycles. The number of nitrogens with two attached hydrogens (primary N) is 1. The smallest absolute Gasteiger partial charge is 0.161 e. The maximum absolute atomic E-state index is 6.46. The van der Waals surface area contributed by atoms with Crippen LogP contribution in [0.25, 0.3) is 0 Å². The van der Waals surface area contributed by atoms with Gasteiger partial charge < -0.3 is 15.4 Å². The third kappa shape index (κ3) is 3.66. The van der Waals surface area contributed by atoms with Gasteiger partial charge in [-0.2, -0.15) is 5.10 Å². The molecule has 0 saturated carbocycles. The van der Waals surface area contributed by atoms with Crippen molar-refractivity contribution < 1.29 is 4.74 Å². The molecular formula is C14H21BrN4OS. The van der Waals surface area contributed by atoms with Gasteiger partial charge in [0.05, 0.1) is 29.7 Å². The number of rotatable bonds is 6. The van der Waals surface area contributed by atoms with Crippen LogP contribution in [0.2, 0.25) is 0 Å². The van der Waals surface area contributed by atoms with E-state index >= 15 is 0 Å². The first kappa shape index (κ1) is 16.5. The van der Waals surface area contributed by atoms with Crippen LogP contribution in [0.3, 0.4) is 0 Å². The van der Waals surface area contributed by atoms with Crippen molar-refractivity contribution in [2.45, 2.75) is 19.5 Å². The van der Waals surface area contributed by atoms with Gasteiger partial charge in [-0.3, -0.25) is 4.68 Å². The van der Waals surface area contributed by atoms with Crippen molar-refractivity contribution in [2.24, 2.45) is 5.73 Å². The summed E-state index contributed by atoms with van der Waals surface area (Å²) in [6.45, 7) is 3.75. The summed E-state index contributed by atoms with van der Waals surface area (Å²) in [5.41, 5.74) is 8.58. The molecule has 2 rings (SSSR count). The normalized spacial score (nSPS) is 12.9. The molecule has 2 aromatic heterocycles. The van der Waals surface area contributed by atoms with Gasteiger partial charge in [-0.25, -0.2) is 0 Å². The van der Waals surface area contributed by atoms with Crippen LogP contribution >= 0.6 is 27.3 Å². The molecule has 0 fully saturated rings. The maximum atomic E-state index is 6.46. The van der Waals surface area contributed by atoms with Crippen LogP contribution in [0.15, 0.2) is 16.0 Å². The molecule has 21 heavy (non-hydrogen) atoms. The van der Waals surface area contributed by atoms with Crippen molar-refractivity contribution >= 4 is 27.3 Å². The van der Waals surface area contributed by atoms with Gasteiger partial charge in [-0.05, 0) is 48.6 Å². The first-order chi connectivity index (χ1) is 9.93. The predicted molar refractivity (Wildman–Crippen MR) is 90.1 cm³/mol. The highest BCUT2D eigenvalue weighted by Gasteiger charge is 2.22. The summed E-state index contributed by atoms with van der Waals surface area (Å²) in [4.78, 5) is 3.22. The quantitative estimate of drug-likeness (QED) is 0.846. The first-order valence-corrected chi connectivity index (χ1v) is 8.30. The molecule has 0 spiro atoms. The number of aromatic nitrogens is 2. The van der Waals surface area contributed by atoms with E-state index in [0.29, 0.717) is 0 Å². The number of nitrogens with zero attached hydrogens (tertiary/aromatic N) is 3. The Morgan fingerprint density at radius 3 is 2.76 bits per heavy atom. The Hall–Kier alpha value is -0.890. The minimum atomic E-state index is -0.236. The van der Waals surface area contributed by atoms with E-state index in [9.17, 15) is 0 Å². The fraction of sp³-hybridized carbons (Fsp3) is 0.500. The summed E-state index contributed by atoms with van der Waals surface area (Å²) >= 11 is 5.21. The molecule has 0 aromatic carbocycles. The fourth-order valence-corrected chi connectivity index (χ4v) is 3.67. The molecule has 1 unspecified atom stereocenters. The number of thiophene rings is 1. The van der Waals surface area contributed by atoms with Gasteiger partial charge in [-0.1, -0.05) is 0 Å². The van der Waals surface area contributed by atoms with Crippen LogP contribution in [0.1, 0.15) is 22.2 Å². The van der Waals surface area contributed by atoms with E-state index in [4.69, 9.17) is 10.5 Å². The van der Waals surface area contributed by atoms with E-state index in [1.807, 2.05) is 18.8 Å². The maximum Gasteiger partial charge on any atom is 0.161 e. The third-order valence-electron chi connectivity index (χ3n) is 3.30. The van der Waals surface area contributed by atoms with Crippen LogP contribution in [0.4, 0.5) is 0 Å². The minimum Gasteiger partial charge on any atom is -0.493 e. The highest BCUT2D eigenvalue weighted by Crippen LogP contribution is 2.36. The Balaban J connectivity index is 2.33. The van der Waals surface area contributed by atoms with Gasteiger partial charge in [0, 0.05) is 11.4 Å². The van der Waals surface area contributed by atoms with Crippen molar-refractivity contribution in [3.05, 3.63) is 32.2 Å². The summed E-state index contributed by atoms with van der Waals surface area (Å²) in [7, 11) is 5.74. The molecule has 0 radical (unpaired) electrons. The second kappa shape index (κ2) is 6.91. The van der Waals surface area contributed by atoms with Gasteiger partial charge in [-0.15, -0.1) is 11.3 Å². The molecule has 0 bridgehead atoms. The van der Waals surface area contributed by atoms with Crippen molar-refractivity contribution in [2.75, 3.05) is 27.7 Å². The standard InChI is InChI=1S/C14H21BrN4OS/c1-9-7-11(21-14(9)15)12(16)13-10(20-4)8-17-19(13)6-5-18(2)3/h7-8,12H,5-6,16H2,1-4H3. The summed E-state index contributed by atoms with van der Waals surface area (Å²) in [5, 5.41) is 4.41. The van der Waals surface area contributed by atoms with Gasteiger partial charge in [0.15, 0.2) is 5.75 Å². The molecule has 0 amide bonds. The lowest BCUT2D eigenvalue weighted by Gasteiger charge is -2.16. The Morgan fingerprint density at radius 2 is 2.24 bits per heavy atom. The molecule has 0 aliphatic carbocycles. The summed E-state index contributed by atoms with van der Waals surface area (Å²) in [6.07, 6.45) is 1.74. The predicted octanol–water partition coefficient (Wildman–Crippen LogP) is 2.63. The monoisotopic (exact) mass is 372 g/mol. The molecular weight excluding hydrogens is 352 g/mol. The van der Waals surface area contributed by atoms with Gasteiger partial charge in [0.2, 0.25) is 0 Å². The lowest BCUT2D eigenvalue weighted by molar-refractivity contribution is 0.363. The topological polar surface area (TPSA) is 56.3 Å². The second-order valence-electron chi connectivity index (χ2n) is 5.21. The van der Waals surface area contributed by atoms with Gasteiger partial charge >= 0.3 is 0 Å². The van der Waals surface area contributed by atoms with Crippen molar-refractivity contribution in [1.29, 1.82) is 0 Å². The van der Waals surface area contributed by atoms with E-state index in [2.05, 4.69) is 38.9 Å². The minimum absolute atomic E-state index is 0.236. The van der Waals surface area contributed by atoms with Gasteiger partial charge in [0.25, 0.3) is 0 Å². The summed E-state index contributed by atoms with van der Waals surface area (Å²) in [6, 6.07) is 1.88. The molecule has 5 nitrogen and oxygen atoms in total. The van der Waals surface area contributed by atoms with E-state index in [1.165, 1.54) is 5.56 Å². The molecule has 116 valence electrons. The number of hydrogen-bond donors (Lipinski definition) is 1. The molecule has 1 atom stereocenters. The van der Waals surface area contributed by atoms with E-state index in [0.717, 1.165) is 33.2 Å². The lowest BCUT2D eigenvalue weighted by Crippen LogP contribution is -2.23. The van der Waals surface area contributed by atoms with Crippen LogP contribution in [0.5, 0.6) is 5.75 Å². The molecule has 7 heteroatoms. The number of hydrogen-bond acceptors (Lipinski definition) is 5. The van der Waals surface area contributed by atoms with Crippen LogP contribution < -0.4 is 10.5 Å². The van der Waals surface area contributed by atoms with E-state index in [-0.39, 0.29) is 6.04 Å². The van der Waals surface area contributed by atoms with Crippen molar-refractivity contribution in [3.8, 4) is 5.75 Å².